The zero-order chi connectivity index (χ0) is 13.0. The lowest BCUT2D eigenvalue weighted by atomic mass is 10.2. The third-order valence-corrected chi connectivity index (χ3v) is 2.32. The van der Waals surface area contributed by atoms with E-state index in [1.54, 1.807) is 0 Å². The first kappa shape index (κ1) is 13.1. The molecule has 0 fully saturated rings. The number of nitro benzene ring substituents is 1. The number of aromatic hydroxyl groups is 1. The number of hydrazone groups is 1. The van der Waals surface area contributed by atoms with Gasteiger partial charge < -0.3 is 5.11 Å². The average Bonchev–Trinajstić information content (AvgIpc) is 2.23. The fourth-order valence-electron chi connectivity index (χ4n) is 1.00. The van der Waals surface area contributed by atoms with Crippen molar-refractivity contribution < 1.29 is 14.8 Å². The zero-order valence-corrected chi connectivity index (χ0v) is 10.3. The molecule has 1 rings (SSSR count). The predicted octanol–water partition coefficient (Wildman–Crippen LogP) is 1.53. The second-order valence-corrected chi connectivity index (χ2v) is 3.90. The van der Waals surface area contributed by atoms with Crippen molar-refractivity contribution in [1.82, 2.24) is 5.43 Å². The summed E-state index contributed by atoms with van der Waals surface area (Å²) in [6.45, 7) is 1.26. The van der Waals surface area contributed by atoms with Crippen LogP contribution in [-0.4, -0.2) is 22.2 Å². The van der Waals surface area contributed by atoms with Gasteiger partial charge in [-0.2, -0.15) is 5.10 Å². The molecule has 0 aromatic heterocycles. The summed E-state index contributed by atoms with van der Waals surface area (Å²) >= 11 is 2.98. The van der Waals surface area contributed by atoms with Gasteiger partial charge in [-0.1, -0.05) is 0 Å². The molecule has 1 aromatic rings. The molecule has 0 saturated carbocycles. The van der Waals surface area contributed by atoms with E-state index in [9.17, 15) is 20.0 Å². The van der Waals surface area contributed by atoms with E-state index in [2.05, 4.69) is 26.5 Å². The number of non-ortho nitro benzene ring substituents is 1. The summed E-state index contributed by atoms with van der Waals surface area (Å²) in [6, 6.07) is 2.32. The second kappa shape index (κ2) is 5.39. The Bertz CT molecular complexity index is 501. The summed E-state index contributed by atoms with van der Waals surface area (Å²) in [7, 11) is 0. The van der Waals surface area contributed by atoms with Gasteiger partial charge >= 0.3 is 0 Å². The Kier molecular flexibility index (Phi) is 4.16. The van der Waals surface area contributed by atoms with Crippen LogP contribution in [0.1, 0.15) is 12.5 Å². The first-order valence-corrected chi connectivity index (χ1v) is 5.17. The fraction of sp³-hybridized carbons (Fsp3) is 0.111. The number of halogens is 1. The van der Waals surface area contributed by atoms with Gasteiger partial charge in [0.05, 0.1) is 15.6 Å². The van der Waals surface area contributed by atoms with Crippen LogP contribution in [0.15, 0.2) is 21.7 Å². The Hall–Kier alpha value is -1.96. The Labute approximate surface area is 104 Å². The minimum absolute atomic E-state index is 0.125. The Morgan fingerprint density at radius 2 is 2.29 bits per heavy atom. The Balaban J connectivity index is 3.09. The summed E-state index contributed by atoms with van der Waals surface area (Å²) in [5.41, 5.74) is 2.05. The summed E-state index contributed by atoms with van der Waals surface area (Å²) in [6.07, 6.45) is 1.12. The van der Waals surface area contributed by atoms with Gasteiger partial charge in [0.25, 0.3) is 5.69 Å². The van der Waals surface area contributed by atoms with Gasteiger partial charge in [0.15, 0.2) is 0 Å². The standard InChI is InChI=1S/C9H8BrN3O4/c1-5(14)12-11-4-6-2-7(13(16)17)3-8(10)9(6)15/h2-4,15H,1H3,(H,12,14)/b11-4-. The monoisotopic (exact) mass is 301 g/mol. The number of carbonyl (C=O) groups is 1. The van der Waals surface area contributed by atoms with Crippen LogP contribution in [0.4, 0.5) is 5.69 Å². The van der Waals surface area contributed by atoms with Gasteiger partial charge in [0.1, 0.15) is 5.75 Å². The molecule has 0 bridgehead atoms. The van der Waals surface area contributed by atoms with Crippen LogP contribution in [0.2, 0.25) is 0 Å². The van der Waals surface area contributed by atoms with Gasteiger partial charge in [0.2, 0.25) is 5.91 Å². The van der Waals surface area contributed by atoms with Crippen molar-refractivity contribution in [2.45, 2.75) is 6.92 Å². The number of benzene rings is 1. The van der Waals surface area contributed by atoms with E-state index < -0.39 is 4.92 Å². The topological polar surface area (TPSA) is 105 Å². The number of phenols is 1. The SMILES string of the molecule is CC(=O)N/N=C\c1cc([N+](=O)[O-])cc(Br)c1O. The number of nitrogens with one attached hydrogen (secondary N) is 1. The van der Waals surface area contributed by atoms with Crippen LogP contribution in [0.25, 0.3) is 0 Å². The molecule has 17 heavy (non-hydrogen) atoms. The van der Waals surface area contributed by atoms with Crippen molar-refractivity contribution in [2.24, 2.45) is 5.10 Å². The number of amides is 1. The molecule has 1 aromatic carbocycles. The highest BCUT2D eigenvalue weighted by Gasteiger charge is 2.13. The number of nitrogens with zero attached hydrogens (tertiary/aromatic N) is 2. The van der Waals surface area contributed by atoms with Gasteiger partial charge in [-0.05, 0) is 15.9 Å². The van der Waals surface area contributed by atoms with Gasteiger partial charge in [-0.25, -0.2) is 5.43 Å². The number of rotatable bonds is 3. The fourth-order valence-corrected chi connectivity index (χ4v) is 1.47. The van der Waals surface area contributed by atoms with E-state index in [0.29, 0.717) is 0 Å². The highest BCUT2D eigenvalue weighted by molar-refractivity contribution is 9.10. The van der Waals surface area contributed by atoms with Crippen LogP contribution in [0.3, 0.4) is 0 Å². The zero-order valence-electron chi connectivity index (χ0n) is 8.68. The number of hydrogen-bond acceptors (Lipinski definition) is 5. The molecule has 1 amide bonds. The molecule has 0 atom stereocenters. The van der Waals surface area contributed by atoms with E-state index in [1.165, 1.54) is 13.0 Å². The summed E-state index contributed by atoms with van der Waals surface area (Å²) in [4.78, 5) is 20.5. The number of hydrogen-bond donors (Lipinski definition) is 2. The summed E-state index contributed by atoms with van der Waals surface area (Å²) in [5, 5.41) is 23.7. The smallest absolute Gasteiger partial charge is 0.271 e. The maximum atomic E-state index is 10.6. The van der Waals surface area contributed by atoms with Crippen molar-refractivity contribution in [3.63, 3.8) is 0 Å². The number of nitro groups is 1. The van der Waals surface area contributed by atoms with Crippen LogP contribution in [-0.2, 0) is 4.79 Å². The van der Waals surface area contributed by atoms with Gasteiger partial charge in [-0.3, -0.25) is 14.9 Å². The largest absolute Gasteiger partial charge is 0.506 e. The third-order valence-electron chi connectivity index (χ3n) is 1.71. The average molecular weight is 302 g/mol. The lowest BCUT2D eigenvalue weighted by molar-refractivity contribution is -0.385. The molecular weight excluding hydrogens is 294 g/mol. The van der Waals surface area contributed by atoms with E-state index >= 15 is 0 Å². The van der Waals surface area contributed by atoms with Gasteiger partial charge in [-0.15, -0.1) is 0 Å². The summed E-state index contributed by atoms with van der Waals surface area (Å²) in [5.74, 6) is -0.574. The van der Waals surface area contributed by atoms with Crippen molar-refractivity contribution in [3.05, 3.63) is 32.3 Å². The third kappa shape index (κ3) is 3.52. The van der Waals surface area contributed by atoms with E-state index in [1.807, 2.05) is 0 Å². The van der Waals surface area contributed by atoms with Crippen molar-refractivity contribution in [3.8, 4) is 5.75 Å². The molecule has 0 aliphatic rings. The maximum Gasteiger partial charge on any atom is 0.271 e. The summed E-state index contributed by atoms with van der Waals surface area (Å²) < 4.78 is 0.177. The molecule has 0 aliphatic carbocycles. The van der Waals surface area contributed by atoms with E-state index in [4.69, 9.17) is 0 Å². The van der Waals surface area contributed by atoms with Crippen LogP contribution < -0.4 is 5.43 Å². The molecule has 0 unspecified atom stereocenters. The maximum absolute atomic E-state index is 10.6. The van der Waals surface area contributed by atoms with E-state index in [0.717, 1.165) is 12.3 Å². The minimum atomic E-state index is -0.597. The van der Waals surface area contributed by atoms with Crippen molar-refractivity contribution in [2.75, 3.05) is 0 Å². The lowest BCUT2D eigenvalue weighted by Crippen LogP contribution is -2.12. The molecule has 0 radical (unpaired) electrons. The quantitative estimate of drug-likeness (QED) is 0.502. The number of carbonyl (C=O) groups excluding carboxylic acids is 1. The second-order valence-electron chi connectivity index (χ2n) is 3.05. The normalized spacial score (nSPS) is 10.5. The highest BCUT2D eigenvalue weighted by Crippen LogP contribution is 2.31. The number of phenolic OH excluding ortho intramolecular Hbond substituents is 1. The molecule has 0 heterocycles. The molecular formula is C9H8BrN3O4. The molecule has 8 heteroatoms. The van der Waals surface area contributed by atoms with Crippen molar-refractivity contribution >= 4 is 33.7 Å². The lowest BCUT2D eigenvalue weighted by Gasteiger charge is -2.01. The molecule has 0 spiro atoms. The van der Waals surface area contributed by atoms with Crippen LogP contribution >= 0.6 is 15.9 Å². The Morgan fingerprint density at radius 1 is 1.65 bits per heavy atom. The first-order valence-electron chi connectivity index (χ1n) is 4.38. The van der Waals surface area contributed by atoms with Crippen molar-refractivity contribution in [1.29, 1.82) is 0 Å². The van der Waals surface area contributed by atoms with Gasteiger partial charge in [0, 0.05) is 24.6 Å². The molecule has 7 nitrogen and oxygen atoms in total. The van der Waals surface area contributed by atoms with E-state index in [-0.39, 0.29) is 27.4 Å². The molecule has 0 saturated heterocycles. The highest BCUT2D eigenvalue weighted by atomic mass is 79.9. The molecule has 0 aliphatic heterocycles. The molecule has 2 N–H and O–H groups in total. The minimum Gasteiger partial charge on any atom is -0.506 e. The van der Waals surface area contributed by atoms with Crippen LogP contribution in [0.5, 0.6) is 5.75 Å². The molecule has 90 valence electrons. The van der Waals surface area contributed by atoms with Crippen LogP contribution in [0, 0.1) is 10.1 Å². The first-order chi connectivity index (χ1) is 7.91. The predicted molar refractivity (Wildman–Crippen MR) is 63.9 cm³/mol. The Morgan fingerprint density at radius 3 is 2.82 bits per heavy atom.